The summed E-state index contributed by atoms with van der Waals surface area (Å²) in [5, 5.41) is 1.54. The maximum atomic E-state index is 12.8. The average molecular weight is 222 g/mol. The van der Waals surface area contributed by atoms with Gasteiger partial charge in [-0.15, -0.1) is 0 Å². The van der Waals surface area contributed by atoms with E-state index in [0.717, 1.165) is 12.3 Å². The van der Waals surface area contributed by atoms with Crippen LogP contribution in [-0.2, 0) is 0 Å². The molecule has 0 aliphatic rings. The van der Waals surface area contributed by atoms with Gasteiger partial charge >= 0.3 is 6.18 Å². The smallest absolute Gasteiger partial charge is 0.343 e. The van der Waals surface area contributed by atoms with Crippen molar-refractivity contribution in [3.05, 3.63) is 29.8 Å². The van der Waals surface area contributed by atoms with E-state index in [1.807, 2.05) is 0 Å². The number of aromatic nitrogens is 1. The zero-order valence-electron chi connectivity index (χ0n) is 7.31. The summed E-state index contributed by atoms with van der Waals surface area (Å²) in [6.45, 7) is -1.50. The Bertz CT molecular complexity index is 364. The molecule has 7 heteroatoms. The Labute approximate surface area is 82.1 Å². The number of nitrogens with zero attached hydrogens (tertiary/aromatic N) is 1. The Kier molecular flexibility index (Phi) is 3.23. The molecule has 0 aromatic carbocycles. The highest BCUT2D eigenvalue weighted by atomic mass is 19.4. The molecule has 1 aromatic rings. The van der Waals surface area contributed by atoms with E-state index in [2.05, 4.69) is 4.98 Å². The molecule has 1 rings (SSSR count). The van der Waals surface area contributed by atoms with E-state index in [-0.39, 0.29) is 0 Å². The molecule has 0 saturated carbocycles. The van der Waals surface area contributed by atoms with Crippen molar-refractivity contribution in [3.8, 4) is 0 Å². The Hall–Kier alpha value is -1.66. The molecular weight excluding hydrogens is 216 g/mol. The summed E-state index contributed by atoms with van der Waals surface area (Å²) in [4.78, 5) is 14.2. The van der Waals surface area contributed by atoms with Crippen LogP contribution in [0.15, 0.2) is 18.3 Å². The molecule has 1 heterocycles. The van der Waals surface area contributed by atoms with Crippen LogP contribution in [0.3, 0.4) is 0 Å². The number of nitrogens with one attached hydrogen (secondary N) is 1. The highest BCUT2D eigenvalue weighted by Gasteiger charge is 2.28. The third-order valence-corrected chi connectivity index (χ3v) is 1.45. The van der Waals surface area contributed by atoms with Gasteiger partial charge in [0.25, 0.3) is 5.91 Å². The lowest BCUT2D eigenvalue weighted by atomic mass is 10.2. The number of hydrogen-bond donors (Lipinski definition) is 1. The van der Waals surface area contributed by atoms with Crippen LogP contribution in [0.1, 0.15) is 10.4 Å². The number of carbonyl (C=O) groups is 1. The van der Waals surface area contributed by atoms with Crippen LogP contribution in [0, 0.1) is 5.95 Å². The van der Waals surface area contributed by atoms with Gasteiger partial charge in [-0.3, -0.25) is 4.79 Å². The van der Waals surface area contributed by atoms with Crippen LogP contribution in [-0.4, -0.2) is 23.6 Å². The van der Waals surface area contributed by atoms with Gasteiger partial charge in [0.1, 0.15) is 6.54 Å². The Morgan fingerprint density at radius 1 is 1.47 bits per heavy atom. The molecule has 0 fully saturated rings. The normalized spacial score (nSPS) is 11.2. The maximum absolute atomic E-state index is 12.8. The van der Waals surface area contributed by atoms with E-state index >= 15 is 0 Å². The number of rotatable bonds is 2. The second kappa shape index (κ2) is 4.24. The van der Waals surface area contributed by atoms with Gasteiger partial charge in [0.15, 0.2) is 0 Å². The van der Waals surface area contributed by atoms with Crippen molar-refractivity contribution in [1.82, 2.24) is 10.3 Å². The fraction of sp³-hybridized carbons (Fsp3) is 0.250. The van der Waals surface area contributed by atoms with E-state index in [1.54, 1.807) is 0 Å². The van der Waals surface area contributed by atoms with Crippen molar-refractivity contribution < 1.29 is 22.4 Å². The van der Waals surface area contributed by atoms with Crippen LogP contribution in [0.5, 0.6) is 0 Å². The molecular formula is C8H6F4N2O. The minimum atomic E-state index is -4.52. The zero-order valence-corrected chi connectivity index (χ0v) is 7.31. The third-order valence-electron chi connectivity index (χ3n) is 1.45. The van der Waals surface area contributed by atoms with Gasteiger partial charge in [-0.2, -0.15) is 17.6 Å². The van der Waals surface area contributed by atoms with Gasteiger partial charge in [-0.05, 0) is 12.1 Å². The molecule has 0 spiro atoms. The van der Waals surface area contributed by atoms with Crippen molar-refractivity contribution in [1.29, 1.82) is 0 Å². The summed E-state index contributed by atoms with van der Waals surface area (Å²) >= 11 is 0. The van der Waals surface area contributed by atoms with Gasteiger partial charge in [0.05, 0.1) is 5.56 Å². The largest absolute Gasteiger partial charge is 0.405 e. The zero-order chi connectivity index (χ0) is 11.5. The minimum absolute atomic E-state index is 0.512. The molecule has 0 aliphatic heterocycles. The summed E-state index contributed by atoms with van der Waals surface area (Å²) in [7, 11) is 0. The van der Waals surface area contributed by atoms with Crippen LogP contribution in [0.2, 0.25) is 0 Å². The fourth-order valence-corrected chi connectivity index (χ4v) is 0.831. The number of pyridine rings is 1. The Morgan fingerprint density at radius 3 is 2.67 bits per heavy atom. The number of hydrogen-bond acceptors (Lipinski definition) is 2. The summed E-state index contributed by atoms with van der Waals surface area (Å²) in [5.41, 5.74) is -0.512. The number of amides is 1. The van der Waals surface area contributed by atoms with Crippen molar-refractivity contribution in [2.24, 2.45) is 0 Å². The number of carbonyl (C=O) groups excluding carboxylic acids is 1. The first-order chi connectivity index (χ1) is 6.90. The number of halogens is 4. The van der Waals surface area contributed by atoms with E-state index in [1.165, 1.54) is 11.4 Å². The van der Waals surface area contributed by atoms with E-state index in [4.69, 9.17) is 0 Å². The predicted octanol–water partition coefficient (Wildman–Crippen LogP) is 1.51. The van der Waals surface area contributed by atoms with Crippen LogP contribution in [0.4, 0.5) is 17.6 Å². The minimum Gasteiger partial charge on any atom is -0.343 e. The standard InChI is InChI=1S/C8H6F4N2O/c9-6-5(2-1-3-13-6)7(15)14-4-8(10,11)12/h1-3H,4H2,(H,14,15). The lowest BCUT2D eigenvalue weighted by molar-refractivity contribution is -0.123. The van der Waals surface area contributed by atoms with E-state index < -0.39 is 30.1 Å². The van der Waals surface area contributed by atoms with Gasteiger partial charge < -0.3 is 5.32 Å². The first-order valence-electron chi connectivity index (χ1n) is 3.85. The second-order valence-electron chi connectivity index (χ2n) is 2.64. The summed E-state index contributed by atoms with van der Waals surface area (Å²) in [6.07, 6.45) is -3.43. The van der Waals surface area contributed by atoms with Crippen molar-refractivity contribution in [2.75, 3.05) is 6.54 Å². The lowest BCUT2D eigenvalue weighted by Gasteiger charge is -2.08. The molecule has 1 amide bonds. The molecule has 0 saturated heterocycles. The molecule has 3 nitrogen and oxygen atoms in total. The predicted molar refractivity (Wildman–Crippen MR) is 42.6 cm³/mol. The van der Waals surface area contributed by atoms with Crippen molar-refractivity contribution in [2.45, 2.75) is 6.18 Å². The lowest BCUT2D eigenvalue weighted by Crippen LogP contribution is -2.34. The first kappa shape index (κ1) is 11.4. The monoisotopic (exact) mass is 222 g/mol. The molecule has 1 N–H and O–H groups in total. The molecule has 15 heavy (non-hydrogen) atoms. The first-order valence-corrected chi connectivity index (χ1v) is 3.85. The third kappa shape index (κ3) is 3.53. The van der Waals surface area contributed by atoms with Gasteiger partial charge in [0, 0.05) is 6.20 Å². The average Bonchev–Trinajstić information content (AvgIpc) is 2.14. The van der Waals surface area contributed by atoms with Gasteiger partial charge in [0.2, 0.25) is 5.95 Å². The van der Waals surface area contributed by atoms with Crippen LogP contribution >= 0.6 is 0 Å². The topological polar surface area (TPSA) is 42.0 Å². The Morgan fingerprint density at radius 2 is 2.13 bits per heavy atom. The summed E-state index contributed by atoms with van der Waals surface area (Å²) in [6, 6.07) is 2.31. The quantitative estimate of drug-likeness (QED) is 0.608. The van der Waals surface area contributed by atoms with Gasteiger partial charge in [-0.25, -0.2) is 4.98 Å². The highest BCUT2D eigenvalue weighted by molar-refractivity contribution is 5.94. The molecule has 82 valence electrons. The maximum Gasteiger partial charge on any atom is 0.405 e. The van der Waals surface area contributed by atoms with Crippen LogP contribution < -0.4 is 5.32 Å². The molecule has 0 aliphatic carbocycles. The molecule has 0 unspecified atom stereocenters. The second-order valence-corrected chi connectivity index (χ2v) is 2.64. The summed E-state index contributed by atoms with van der Waals surface area (Å²) in [5.74, 6) is -2.24. The molecule has 0 atom stereocenters. The highest BCUT2D eigenvalue weighted by Crippen LogP contribution is 2.12. The molecule has 1 aromatic heterocycles. The molecule has 0 radical (unpaired) electrons. The fourth-order valence-electron chi connectivity index (χ4n) is 0.831. The number of alkyl halides is 3. The van der Waals surface area contributed by atoms with Crippen molar-refractivity contribution >= 4 is 5.91 Å². The van der Waals surface area contributed by atoms with Crippen LogP contribution in [0.25, 0.3) is 0 Å². The van der Waals surface area contributed by atoms with Crippen molar-refractivity contribution in [3.63, 3.8) is 0 Å². The molecule has 0 bridgehead atoms. The van der Waals surface area contributed by atoms with E-state index in [0.29, 0.717) is 0 Å². The van der Waals surface area contributed by atoms with Gasteiger partial charge in [-0.1, -0.05) is 0 Å². The SMILES string of the molecule is O=C(NCC(F)(F)F)c1cccnc1F. The Balaban J connectivity index is 2.66. The summed E-state index contributed by atoms with van der Waals surface area (Å²) < 4.78 is 47.9. The van der Waals surface area contributed by atoms with E-state index in [9.17, 15) is 22.4 Å².